The molecule has 0 fully saturated rings. The summed E-state index contributed by atoms with van der Waals surface area (Å²) in [4.78, 5) is 1.73. The van der Waals surface area contributed by atoms with Gasteiger partial charge in [-0.05, 0) is 18.2 Å². The molecule has 2 aliphatic heterocycles. The Morgan fingerprint density at radius 2 is 1.94 bits per heavy atom. The third-order valence-electron chi connectivity index (χ3n) is 3.05. The fourth-order valence-corrected chi connectivity index (χ4v) is 3.49. The van der Waals surface area contributed by atoms with Gasteiger partial charge in [0.2, 0.25) is 4.91 Å². The predicted molar refractivity (Wildman–Crippen MR) is 74.2 cm³/mol. The SMILES string of the molecule is CC(C)C1=CC=C2Oc3ccccc3C=C2[S+]1[O-]. The van der Waals surface area contributed by atoms with Gasteiger partial charge in [-0.3, -0.25) is 0 Å². The minimum absolute atomic E-state index is 0.279. The molecule has 0 N–H and O–H groups in total. The van der Waals surface area contributed by atoms with Gasteiger partial charge in [-0.1, -0.05) is 32.0 Å². The van der Waals surface area contributed by atoms with Crippen molar-refractivity contribution in [2.45, 2.75) is 13.8 Å². The van der Waals surface area contributed by atoms with Gasteiger partial charge in [0.25, 0.3) is 0 Å². The molecule has 18 heavy (non-hydrogen) atoms. The van der Waals surface area contributed by atoms with Crippen LogP contribution >= 0.6 is 0 Å². The first kappa shape index (κ1) is 11.6. The number of benzene rings is 1. The van der Waals surface area contributed by atoms with Gasteiger partial charge < -0.3 is 9.29 Å². The molecular weight excluding hydrogens is 244 g/mol. The summed E-state index contributed by atoms with van der Waals surface area (Å²) in [5.74, 6) is 1.81. The summed E-state index contributed by atoms with van der Waals surface area (Å²) < 4.78 is 18.3. The second-order valence-corrected chi connectivity index (χ2v) is 6.12. The van der Waals surface area contributed by atoms with E-state index in [4.69, 9.17) is 4.74 Å². The maximum absolute atomic E-state index is 12.5. The van der Waals surface area contributed by atoms with Crippen molar-refractivity contribution < 1.29 is 9.29 Å². The normalized spacial score (nSPS) is 21.3. The zero-order valence-corrected chi connectivity index (χ0v) is 11.2. The van der Waals surface area contributed by atoms with E-state index in [0.717, 1.165) is 21.1 Å². The van der Waals surface area contributed by atoms with Crippen molar-refractivity contribution in [2.24, 2.45) is 5.92 Å². The molecule has 2 heterocycles. The molecule has 1 aromatic rings. The highest BCUT2D eigenvalue weighted by Crippen LogP contribution is 2.39. The number of ether oxygens (including phenoxy) is 1. The standard InChI is InChI=1S/C15H14O2S/c1-10(2)14-8-7-13-15(18(14)16)9-11-5-3-4-6-12(11)17-13/h3-10H,1-2H3. The van der Waals surface area contributed by atoms with E-state index >= 15 is 0 Å². The lowest BCUT2D eigenvalue weighted by molar-refractivity contribution is 0.434. The molecule has 2 aliphatic rings. The Labute approximate surface area is 110 Å². The van der Waals surface area contributed by atoms with Gasteiger partial charge in [0.1, 0.15) is 10.7 Å². The second-order valence-electron chi connectivity index (χ2n) is 4.67. The first-order valence-electron chi connectivity index (χ1n) is 5.99. The summed E-state index contributed by atoms with van der Waals surface area (Å²) in [7, 11) is 0. The van der Waals surface area contributed by atoms with Gasteiger partial charge in [0.15, 0.2) is 5.76 Å². The van der Waals surface area contributed by atoms with Crippen LogP contribution in [0.25, 0.3) is 6.08 Å². The number of hydrogen-bond acceptors (Lipinski definition) is 2. The molecule has 0 aliphatic carbocycles. The summed E-state index contributed by atoms with van der Waals surface area (Å²) in [5, 5.41) is 0. The molecule has 92 valence electrons. The Hall–Kier alpha value is -1.45. The van der Waals surface area contributed by atoms with Gasteiger partial charge in [0.05, 0.1) is 0 Å². The van der Waals surface area contributed by atoms with E-state index in [1.54, 1.807) is 0 Å². The van der Waals surface area contributed by atoms with Gasteiger partial charge in [-0.15, -0.1) is 0 Å². The van der Waals surface area contributed by atoms with E-state index in [1.807, 2.05) is 42.5 Å². The van der Waals surface area contributed by atoms with E-state index in [9.17, 15) is 4.55 Å². The van der Waals surface area contributed by atoms with Crippen molar-refractivity contribution in [3.8, 4) is 5.75 Å². The average molecular weight is 258 g/mol. The lowest BCUT2D eigenvalue weighted by atomic mass is 10.1. The van der Waals surface area contributed by atoms with E-state index < -0.39 is 11.2 Å². The monoisotopic (exact) mass is 258 g/mol. The topological polar surface area (TPSA) is 32.3 Å². The van der Waals surface area contributed by atoms with E-state index in [0.29, 0.717) is 5.76 Å². The molecule has 0 spiro atoms. The van der Waals surface area contributed by atoms with Crippen LogP contribution in [-0.2, 0) is 11.2 Å². The third kappa shape index (κ3) is 1.80. The van der Waals surface area contributed by atoms with E-state index in [-0.39, 0.29) is 5.92 Å². The average Bonchev–Trinajstić information content (AvgIpc) is 2.37. The largest absolute Gasteiger partial charge is 0.607 e. The fraction of sp³-hybridized carbons (Fsp3) is 0.200. The smallest absolute Gasteiger partial charge is 0.201 e. The number of fused-ring (bicyclic) bond motifs is 2. The van der Waals surface area contributed by atoms with Gasteiger partial charge in [-0.25, -0.2) is 0 Å². The summed E-state index contributed by atoms with van der Waals surface area (Å²) in [5.41, 5.74) is 0.989. The van der Waals surface area contributed by atoms with Crippen LogP contribution < -0.4 is 4.74 Å². The zero-order chi connectivity index (χ0) is 12.7. The van der Waals surface area contributed by atoms with Crippen molar-refractivity contribution in [1.82, 2.24) is 0 Å². The molecule has 0 radical (unpaired) electrons. The minimum atomic E-state index is -1.10. The molecule has 0 amide bonds. The second kappa shape index (κ2) is 4.34. The highest BCUT2D eigenvalue weighted by Gasteiger charge is 2.33. The summed E-state index contributed by atoms with van der Waals surface area (Å²) in [6.45, 7) is 4.11. The molecule has 0 saturated heterocycles. The van der Waals surface area contributed by atoms with Crippen LogP contribution in [0.2, 0.25) is 0 Å². The molecule has 0 aromatic heterocycles. The van der Waals surface area contributed by atoms with E-state index in [1.165, 1.54) is 0 Å². The minimum Gasteiger partial charge on any atom is -0.607 e. The maximum Gasteiger partial charge on any atom is 0.201 e. The Bertz CT molecular complexity index is 582. The molecule has 3 rings (SSSR count). The zero-order valence-electron chi connectivity index (χ0n) is 10.3. The van der Waals surface area contributed by atoms with Gasteiger partial charge in [0, 0.05) is 28.7 Å². The van der Waals surface area contributed by atoms with Crippen molar-refractivity contribution in [3.63, 3.8) is 0 Å². The molecule has 1 unspecified atom stereocenters. The van der Waals surface area contributed by atoms with Gasteiger partial charge in [-0.2, -0.15) is 0 Å². The van der Waals surface area contributed by atoms with Crippen LogP contribution in [0.4, 0.5) is 0 Å². The quantitative estimate of drug-likeness (QED) is 0.721. The molecule has 2 nitrogen and oxygen atoms in total. The first-order chi connectivity index (χ1) is 8.66. The lowest BCUT2D eigenvalue weighted by Gasteiger charge is -2.26. The van der Waals surface area contributed by atoms with Crippen LogP contribution in [0.3, 0.4) is 0 Å². The van der Waals surface area contributed by atoms with Crippen LogP contribution in [0.1, 0.15) is 19.4 Å². The predicted octanol–water partition coefficient (Wildman–Crippen LogP) is 3.61. The first-order valence-corrected chi connectivity index (χ1v) is 7.14. The summed E-state index contributed by atoms with van der Waals surface area (Å²) in [6.07, 6.45) is 5.80. The van der Waals surface area contributed by atoms with Crippen LogP contribution in [0.15, 0.2) is 52.0 Å². The Balaban J connectivity index is 2.08. The van der Waals surface area contributed by atoms with Crippen LogP contribution in [0.5, 0.6) is 5.75 Å². The van der Waals surface area contributed by atoms with Crippen molar-refractivity contribution in [1.29, 1.82) is 0 Å². The molecule has 0 bridgehead atoms. The van der Waals surface area contributed by atoms with Crippen LogP contribution in [-0.4, -0.2) is 4.55 Å². The van der Waals surface area contributed by atoms with Crippen molar-refractivity contribution in [3.05, 3.63) is 57.6 Å². The highest BCUT2D eigenvalue weighted by atomic mass is 32.2. The maximum atomic E-state index is 12.5. The third-order valence-corrected chi connectivity index (χ3v) is 4.80. The Kier molecular flexibility index (Phi) is 2.80. The van der Waals surface area contributed by atoms with E-state index in [2.05, 4.69) is 13.8 Å². The number of para-hydroxylation sites is 1. The van der Waals surface area contributed by atoms with Gasteiger partial charge >= 0.3 is 0 Å². The Morgan fingerprint density at radius 1 is 1.17 bits per heavy atom. The molecule has 1 aromatic carbocycles. The number of rotatable bonds is 1. The molecular formula is C15H14O2S. The Morgan fingerprint density at radius 3 is 2.72 bits per heavy atom. The highest BCUT2D eigenvalue weighted by molar-refractivity contribution is 7.99. The number of hydrogen-bond donors (Lipinski definition) is 0. The number of allylic oxidation sites excluding steroid dienone is 3. The summed E-state index contributed by atoms with van der Waals surface area (Å²) in [6, 6.07) is 7.80. The van der Waals surface area contributed by atoms with Crippen molar-refractivity contribution in [2.75, 3.05) is 0 Å². The molecule has 1 atom stereocenters. The lowest BCUT2D eigenvalue weighted by Crippen LogP contribution is -2.20. The molecule has 3 heteroatoms. The van der Waals surface area contributed by atoms with Crippen molar-refractivity contribution >= 4 is 17.3 Å². The summed E-state index contributed by atoms with van der Waals surface area (Å²) >= 11 is -1.10. The molecule has 0 saturated carbocycles. The van der Waals surface area contributed by atoms with Crippen LogP contribution in [0, 0.1) is 5.92 Å². The fourth-order valence-electron chi connectivity index (χ4n) is 2.09.